The fourth-order valence-electron chi connectivity index (χ4n) is 14.9. The SMILES string of the molecule is CC(C)C[C@H](NC(=O)[C@H](CCC(N)=O)NC(=O)[C@H](CCCCN)NC(=O)[C@H](CCCNC(=N)N)NC(=O)[C@@H]1CCCN1C(=O)[C@H](C)N)C(=O)N[C@@H](C)C(=O)N[C@H](C(=O)N[C@@H](CCCCN)C(=O)N[C@@H](C)C(=O)N[C@@H](C)C(=O)N[C@@H](CCCNC(=N)N)C(=O)N[C@@H](CCCC[N+](C)(C)C)C(=O)N[C@@H](CO)C(=O)N[C@@H](C)C(=O)N1CCC[C@H]1C(=O)N[C@@H](C)C(=O)N[C@H](C(=O)NCC(=O)NCC(=O)[O-])[C@@H](C)O)[C@@H](C)O. The molecule has 2 heterocycles. The van der Waals surface area contributed by atoms with Crippen LogP contribution in [0, 0.1) is 16.7 Å². The summed E-state index contributed by atoms with van der Waals surface area (Å²) < 4.78 is 0.497. The number of likely N-dealkylation sites (tertiary alicyclic amines) is 2. The van der Waals surface area contributed by atoms with Crippen LogP contribution in [0.1, 0.15) is 198 Å². The quantitative estimate of drug-likeness (QED) is 0.0116. The van der Waals surface area contributed by atoms with E-state index in [-0.39, 0.29) is 141 Å². The van der Waals surface area contributed by atoms with Gasteiger partial charge in [0.2, 0.25) is 118 Å². The molecule has 0 aromatic rings. The first kappa shape index (κ1) is 125. The van der Waals surface area contributed by atoms with Crippen LogP contribution in [0.25, 0.3) is 0 Å². The van der Waals surface area contributed by atoms with Gasteiger partial charge in [-0.15, -0.1) is 0 Å². The van der Waals surface area contributed by atoms with Gasteiger partial charge >= 0.3 is 0 Å². The number of quaternary nitrogens is 1. The molecular formula is C87H156N30O25. The van der Waals surface area contributed by atoms with Gasteiger partial charge in [0, 0.05) is 32.6 Å². The van der Waals surface area contributed by atoms with Crippen molar-refractivity contribution in [3.05, 3.63) is 0 Å². The number of carbonyl (C=O) groups is 21. The van der Waals surface area contributed by atoms with Gasteiger partial charge in [0.15, 0.2) is 11.9 Å². The lowest BCUT2D eigenvalue weighted by Crippen LogP contribution is -2.61. The highest BCUT2D eigenvalue weighted by Gasteiger charge is 2.43. The predicted molar refractivity (Wildman–Crippen MR) is 511 cm³/mol. The van der Waals surface area contributed by atoms with Crippen molar-refractivity contribution in [1.82, 2.24) is 111 Å². The number of aliphatic hydroxyl groups is 3. The van der Waals surface area contributed by atoms with Gasteiger partial charge in [0.1, 0.15) is 103 Å². The number of carbonyl (C=O) groups excluding carboxylic acids is 21. The maximum absolute atomic E-state index is 14.5. The van der Waals surface area contributed by atoms with Crippen molar-refractivity contribution in [2.24, 2.45) is 40.3 Å². The van der Waals surface area contributed by atoms with Crippen LogP contribution in [-0.4, -0.2) is 373 Å². The third-order valence-corrected chi connectivity index (χ3v) is 22.9. The standard InChI is InChI=1S/C87H156N30O25/c1-44(2)40-59(111-77(134)58(31-32-63(91)121)108-73(130)54(25-15-18-34-89)106-75(132)57(28-21-36-97-87(94)95)109-81(138)62-30-22-37-115(62)84(141)45(3)90)78(135)102-48(6)70(127)114-67(52(10)120)83(140)110-53(24-14-17-33-88)72(129)101-46(4)68(125)100-47(5)69(126)105-56(27-20-35-96-86(92)93)74(131)107-55(26-16-19-39-117(11,12)13)76(133)112-60(43-118)79(136)104-50(8)85(142)116-38-23-29-61(116)80(137)103-49(7)71(128)113-66(51(9)119)82(139)99-41-64(122)98-42-65(123)124/h44-62,66-67,118-120H,14-43,88-90H2,1-13H3,(H27-,91,92,93,94,95,96,97,98,99,100,101,102,103,104,105,106,107,108,109,110,111,112,113,114,121,122,123,124,125,126,127,128,129,130,131,132,133,134,135,136,137,138,139,140)/t45-,46-,47-,48-,49-,50-,51+,52+,53-,54-,55-,56-,57-,58-,59-,60-,61-,62-,66-,67-/m0/s1. The van der Waals surface area contributed by atoms with Gasteiger partial charge in [0.25, 0.3) is 0 Å². The summed E-state index contributed by atoms with van der Waals surface area (Å²) in [6, 6.07) is -26.1. The highest BCUT2D eigenvalue weighted by atomic mass is 16.4. The summed E-state index contributed by atoms with van der Waals surface area (Å²) in [5.74, 6) is -21.4. The first-order chi connectivity index (χ1) is 66.5. The van der Waals surface area contributed by atoms with Crippen LogP contribution < -0.4 is 141 Å². The smallest absolute Gasteiger partial charge is 0.245 e. The zero-order valence-corrected chi connectivity index (χ0v) is 83.5. The Kier molecular flexibility index (Phi) is 56.3. The van der Waals surface area contributed by atoms with E-state index in [1.165, 1.54) is 46.4 Å². The summed E-state index contributed by atoms with van der Waals surface area (Å²) in [4.78, 5) is 289. The number of unbranched alkanes of at least 4 members (excludes halogenated alkanes) is 3. The second-order valence-corrected chi connectivity index (χ2v) is 37.0. The lowest BCUT2D eigenvalue weighted by molar-refractivity contribution is -0.870. The molecule has 55 nitrogen and oxygen atoms in total. The van der Waals surface area contributed by atoms with Crippen LogP contribution in [0.3, 0.4) is 0 Å². The number of aliphatic carboxylic acids is 1. The topological polar surface area (TPSA) is 881 Å². The molecule has 2 aliphatic heterocycles. The van der Waals surface area contributed by atoms with Crippen molar-refractivity contribution in [3.8, 4) is 0 Å². The van der Waals surface area contributed by atoms with E-state index in [0.717, 1.165) is 18.7 Å². The Morgan fingerprint density at radius 1 is 0.380 bits per heavy atom. The molecule has 0 spiro atoms. The predicted octanol–water partition coefficient (Wildman–Crippen LogP) is -13.6. The minimum Gasteiger partial charge on any atom is -0.548 e. The van der Waals surface area contributed by atoms with E-state index in [0.29, 0.717) is 36.7 Å². The Hall–Kier alpha value is -12.9. The third kappa shape index (κ3) is 46.7. The Bertz CT molecular complexity index is 4290. The molecule has 2 fully saturated rings. The largest absolute Gasteiger partial charge is 0.548 e. The molecule has 804 valence electrons. The second kappa shape index (κ2) is 63.8. The van der Waals surface area contributed by atoms with Gasteiger partial charge in [-0.2, -0.15) is 0 Å². The van der Waals surface area contributed by atoms with E-state index < -0.39 is 284 Å². The summed E-state index contributed by atoms with van der Waals surface area (Å²) in [6.07, 6.45) is -1.60. The number of guanidine groups is 2. The zero-order valence-electron chi connectivity index (χ0n) is 83.5. The molecule has 0 bridgehead atoms. The normalized spacial score (nSPS) is 17.2. The van der Waals surface area contributed by atoms with Crippen LogP contribution in [-0.2, 0) is 101 Å². The number of nitrogens with two attached hydrogens (primary N) is 6. The molecule has 2 aliphatic rings. The number of nitrogens with zero attached hydrogens (tertiary/aromatic N) is 3. The average molecular weight is 2020 g/mol. The molecule has 0 unspecified atom stereocenters. The average Bonchev–Trinajstić information content (AvgIpc) is 1.66. The van der Waals surface area contributed by atoms with Gasteiger partial charge in [-0.3, -0.25) is 107 Å². The van der Waals surface area contributed by atoms with E-state index in [4.69, 9.17) is 45.2 Å². The lowest BCUT2D eigenvalue weighted by Gasteiger charge is -2.29. The van der Waals surface area contributed by atoms with Gasteiger partial charge in [-0.1, -0.05) is 13.8 Å². The fourth-order valence-corrected chi connectivity index (χ4v) is 14.9. The monoisotopic (exact) mass is 2020 g/mol. The maximum atomic E-state index is 14.5. The molecule has 0 saturated carbocycles. The molecule has 142 heavy (non-hydrogen) atoms. The summed E-state index contributed by atoms with van der Waals surface area (Å²) in [7, 11) is 5.75. The first-order valence-electron chi connectivity index (χ1n) is 47.8. The van der Waals surface area contributed by atoms with E-state index in [9.17, 15) is 121 Å². The Morgan fingerprint density at radius 3 is 1.13 bits per heavy atom. The fraction of sp³-hybridized carbons (Fsp3) is 0.736. The van der Waals surface area contributed by atoms with Crippen LogP contribution in [0.2, 0.25) is 0 Å². The van der Waals surface area contributed by atoms with E-state index in [2.05, 4.69) is 95.7 Å². The summed E-state index contributed by atoms with van der Waals surface area (Å²) in [5.41, 5.74) is 34.0. The van der Waals surface area contributed by atoms with E-state index >= 15 is 0 Å². The molecule has 2 saturated heterocycles. The van der Waals surface area contributed by atoms with E-state index in [1.807, 2.05) is 26.5 Å². The first-order valence-corrected chi connectivity index (χ1v) is 47.8. The highest BCUT2D eigenvalue weighted by Crippen LogP contribution is 2.22. The van der Waals surface area contributed by atoms with Crippen LogP contribution >= 0.6 is 0 Å². The van der Waals surface area contributed by atoms with Crippen LogP contribution in [0.4, 0.5) is 0 Å². The van der Waals surface area contributed by atoms with Crippen molar-refractivity contribution in [2.75, 3.05) is 86.7 Å². The minimum absolute atomic E-state index is 0.00544. The number of nitrogens with one attached hydrogen (secondary N) is 21. The number of hydrogen-bond acceptors (Lipinski definition) is 30. The molecule has 36 N–H and O–H groups in total. The maximum Gasteiger partial charge on any atom is 0.245 e. The molecule has 0 aromatic heterocycles. The van der Waals surface area contributed by atoms with Crippen molar-refractivity contribution in [3.63, 3.8) is 0 Å². The van der Waals surface area contributed by atoms with Crippen molar-refractivity contribution >= 4 is 136 Å². The van der Waals surface area contributed by atoms with Gasteiger partial charge in [-0.05, 0) is 196 Å². The number of carboxylic acid groups (broad SMARTS) is 1. The Balaban J connectivity index is 2.36. The van der Waals surface area contributed by atoms with E-state index in [1.54, 1.807) is 13.8 Å². The second-order valence-electron chi connectivity index (χ2n) is 37.0. The molecule has 2 rings (SSSR count). The van der Waals surface area contributed by atoms with Crippen molar-refractivity contribution < 1.29 is 126 Å². The number of aliphatic hydroxyl groups excluding tert-OH is 3. The number of hydrogen-bond donors (Lipinski definition) is 30. The highest BCUT2D eigenvalue weighted by molar-refractivity contribution is 6.02. The summed E-state index contributed by atoms with van der Waals surface area (Å²) in [6.45, 7) is 11.9. The molecule has 0 radical (unpaired) electrons. The van der Waals surface area contributed by atoms with Gasteiger partial charge < -0.3 is 175 Å². The number of rotatable bonds is 66. The molecule has 55 heteroatoms. The van der Waals surface area contributed by atoms with Crippen LogP contribution in [0.15, 0.2) is 0 Å². The van der Waals surface area contributed by atoms with Gasteiger partial charge in [0.05, 0.1) is 71.6 Å². The lowest BCUT2D eigenvalue weighted by atomic mass is 10.0. The summed E-state index contributed by atoms with van der Waals surface area (Å²) >= 11 is 0. The summed E-state index contributed by atoms with van der Waals surface area (Å²) in [5, 5.41) is 105. The number of primary amides is 1. The molecular weight excluding hydrogens is 1870 g/mol. The van der Waals surface area contributed by atoms with Crippen molar-refractivity contribution in [1.29, 1.82) is 10.8 Å². The van der Waals surface area contributed by atoms with Gasteiger partial charge in [-0.25, -0.2) is 0 Å². The molecule has 0 aliphatic carbocycles. The molecule has 20 atom stereocenters. The third-order valence-electron chi connectivity index (χ3n) is 22.9. The Morgan fingerprint density at radius 2 is 0.718 bits per heavy atom. The molecule has 20 amide bonds. The minimum atomic E-state index is -1.85. The zero-order chi connectivity index (χ0) is 108. The van der Waals surface area contributed by atoms with Crippen LogP contribution in [0.5, 0.6) is 0 Å². The number of carboxylic acids is 1. The molecule has 0 aromatic carbocycles. The Labute approximate surface area is 825 Å². The van der Waals surface area contributed by atoms with Crippen molar-refractivity contribution in [2.45, 2.75) is 319 Å². The number of amides is 20.